The van der Waals surface area contributed by atoms with Gasteiger partial charge >= 0.3 is 5.97 Å². The smallest absolute Gasteiger partial charge is 0.325 e. The molecule has 0 aliphatic carbocycles. The predicted octanol–water partition coefficient (Wildman–Crippen LogP) is 4.66. The Balaban J connectivity index is 1.72. The van der Waals surface area contributed by atoms with E-state index in [9.17, 15) is 9.59 Å². The highest BCUT2D eigenvalue weighted by atomic mass is 35.5. The topological polar surface area (TPSA) is 63.9 Å². The molecule has 0 bridgehead atoms. The van der Waals surface area contributed by atoms with Gasteiger partial charge in [-0.05, 0) is 44.2 Å². The molecule has 0 N–H and O–H groups in total. The zero-order valence-electron chi connectivity index (χ0n) is 16.6. The Bertz CT molecular complexity index is 1210. The minimum atomic E-state index is -0.306. The van der Waals surface area contributed by atoms with Crippen molar-refractivity contribution in [2.24, 2.45) is 5.10 Å². The maximum absolute atomic E-state index is 13.1. The zero-order chi connectivity index (χ0) is 21.3. The number of carbonyl (C=O) groups excluding carboxylic acids is 2. The molecule has 2 aromatic carbocycles. The first-order valence-electron chi connectivity index (χ1n) is 9.58. The Kier molecular flexibility index (Phi) is 5.42. The number of halogens is 1. The van der Waals surface area contributed by atoms with E-state index in [1.54, 1.807) is 38.1 Å². The first-order valence-corrected chi connectivity index (χ1v) is 9.96. The number of amides is 1. The maximum Gasteiger partial charge on any atom is 0.325 e. The Hall–Kier alpha value is -3.38. The van der Waals surface area contributed by atoms with Crippen LogP contribution in [0.15, 0.2) is 65.4 Å². The fraction of sp³-hybridized carbons (Fsp3) is 0.174. The van der Waals surface area contributed by atoms with Crippen LogP contribution in [-0.2, 0) is 20.9 Å². The zero-order valence-corrected chi connectivity index (χ0v) is 17.4. The van der Waals surface area contributed by atoms with E-state index in [1.165, 1.54) is 5.01 Å². The molecule has 30 heavy (non-hydrogen) atoms. The molecule has 1 aliphatic rings. The molecule has 2 heterocycles. The fourth-order valence-corrected chi connectivity index (χ4v) is 3.67. The first-order chi connectivity index (χ1) is 14.5. The number of rotatable bonds is 5. The lowest BCUT2D eigenvalue weighted by molar-refractivity contribution is -0.143. The average molecular weight is 422 g/mol. The summed E-state index contributed by atoms with van der Waals surface area (Å²) in [6.45, 7) is 4.01. The molecule has 1 aliphatic heterocycles. The van der Waals surface area contributed by atoms with E-state index in [0.717, 1.165) is 16.5 Å². The van der Waals surface area contributed by atoms with E-state index in [2.05, 4.69) is 5.10 Å². The van der Waals surface area contributed by atoms with Gasteiger partial charge in [0.1, 0.15) is 6.54 Å². The summed E-state index contributed by atoms with van der Waals surface area (Å²) >= 11 is 6.06. The predicted molar refractivity (Wildman–Crippen MR) is 119 cm³/mol. The highest BCUT2D eigenvalue weighted by Gasteiger charge is 2.29. The average Bonchev–Trinajstić information content (AvgIpc) is 3.21. The van der Waals surface area contributed by atoms with Gasteiger partial charge < -0.3 is 9.30 Å². The van der Waals surface area contributed by atoms with Crippen molar-refractivity contribution >= 4 is 51.9 Å². The molecule has 152 valence electrons. The van der Waals surface area contributed by atoms with Crippen LogP contribution >= 0.6 is 11.6 Å². The summed E-state index contributed by atoms with van der Waals surface area (Å²) in [6, 6.07) is 14.7. The summed E-state index contributed by atoms with van der Waals surface area (Å²) in [5.74, 6) is -0.531. The summed E-state index contributed by atoms with van der Waals surface area (Å²) in [7, 11) is 0. The van der Waals surface area contributed by atoms with Gasteiger partial charge in [-0.2, -0.15) is 10.1 Å². The summed E-state index contributed by atoms with van der Waals surface area (Å²) < 4.78 is 6.91. The van der Waals surface area contributed by atoms with E-state index in [-0.39, 0.29) is 18.4 Å². The van der Waals surface area contributed by atoms with Crippen LogP contribution < -0.4 is 5.01 Å². The van der Waals surface area contributed by atoms with Crippen LogP contribution in [-0.4, -0.2) is 28.8 Å². The number of nitrogens with zero attached hydrogens (tertiary/aromatic N) is 3. The number of para-hydroxylation sites is 1. The third-order valence-electron chi connectivity index (χ3n) is 4.84. The second-order valence-electron chi connectivity index (χ2n) is 6.87. The van der Waals surface area contributed by atoms with Crippen molar-refractivity contribution in [2.75, 3.05) is 11.6 Å². The quantitative estimate of drug-likeness (QED) is 0.444. The Morgan fingerprint density at radius 1 is 1.20 bits per heavy atom. The molecule has 0 radical (unpaired) electrons. The molecule has 0 spiro atoms. The standard InChI is InChI=1S/C23H20ClN3O3/c1-3-30-22(28)14-26-13-16(19-9-4-5-10-21(19)26)11-20-15(2)25-27(23(20)29)18-8-6-7-17(24)12-18/h4-13H,3,14H2,1-2H3/b20-11-. The molecule has 4 rings (SSSR count). The molecular formula is C23H20ClN3O3. The van der Waals surface area contributed by atoms with Gasteiger partial charge in [0, 0.05) is 27.7 Å². The molecule has 1 amide bonds. The number of fused-ring (bicyclic) bond motifs is 1. The molecular weight excluding hydrogens is 402 g/mol. The molecule has 6 nitrogen and oxygen atoms in total. The second-order valence-corrected chi connectivity index (χ2v) is 7.31. The number of hydrogen-bond acceptors (Lipinski definition) is 4. The van der Waals surface area contributed by atoms with Crippen molar-refractivity contribution in [1.82, 2.24) is 4.57 Å². The number of aromatic nitrogens is 1. The largest absolute Gasteiger partial charge is 0.465 e. The molecule has 0 unspecified atom stereocenters. The van der Waals surface area contributed by atoms with Gasteiger partial charge in [-0.3, -0.25) is 9.59 Å². The van der Waals surface area contributed by atoms with Crippen molar-refractivity contribution in [2.45, 2.75) is 20.4 Å². The first kappa shape index (κ1) is 19.9. The van der Waals surface area contributed by atoms with Crippen LogP contribution in [0, 0.1) is 0 Å². The maximum atomic E-state index is 13.1. The number of esters is 1. The number of benzene rings is 2. The van der Waals surface area contributed by atoms with Crippen LogP contribution in [0.25, 0.3) is 17.0 Å². The van der Waals surface area contributed by atoms with Crippen molar-refractivity contribution in [3.8, 4) is 0 Å². The Morgan fingerprint density at radius 2 is 2.00 bits per heavy atom. The van der Waals surface area contributed by atoms with E-state index in [1.807, 2.05) is 41.1 Å². The van der Waals surface area contributed by atoms with Gasteiger partial charge in [-0.15, -0.1) is 0 Å². The lowest BCUT2D eigenvalue weighted by Crippen LogP contribution is -2.21. The van der Waals surface area contributed by atoms with Crippen LogP contribution in [0.5, 0.6) is 0 Å². The van der Waals surface area contributed by atoms with Crippen LogP contribution in [0.4, 0.5) is 5.69 Å². The lowest BCUT2D eigenvalue weighted by Gasteiger charge is -2.11. The van der Waals surface area contributed by atoms with Gasteiger partial charge in [0.15, 0.2) is 0 Å². The molecule has 0 fully saturated rings. The van der Waals surface area contributed by atoms with Crippen molar-refractivity contribution in [1.29, 1.82) is 0 Å². The van der Waals surface area contributed by atoms with Crippen molar-refractivity contribution in [3.05, 3.63) is 70.9 Å². The number of ether oxygens (including phenoxy) is 1. The third kappa shape index (κ3) is 3.74. The highest BCUT2D eigenvalue weighted by Crippen LogP contribution is 2.29. The third-order valence-corrected chi connectivity index (χ3v) is 5.07. The number of anilines is 1. The molecule has 3 aromatic rings. The molecule has 0 saturated carbocycles. The molecule has 7 heteroatoms. The number of hydrogen-bond donors (Lipinski definition) is 0. The van der Waals surface area contributed by atoms with Gasteiger partial charge in [0.2, 0.25) is 0 Å². The van der Waals surface area contributed by atoms with Gasteiger partial charge in [-0.25, -0.2) is 0 Å². The van der Waals surface area contributed by atoms with Crippen molar-refractivity contribution < 1.29 is 14.3 Å². The summed E-state index contributed by atoms with van der Waals surface area (Å²) in [4.78, 5) is 25.0. The number of carbonyl (C=O) groups is 2. The highest BCUT2D eigenvalue weighted by molar-refractivity contribution is 6.33. The van der Waals surface area contributed by atoms with Crippen LogP contribution in [0.1, 0.15) is 19.4 Å². The van der Waals surface area contributed by atoms with E-state index < -0.39 is 0 Å². The van der Waals surface area contributed by atoms with Gasteiger partial charge in [0.25, 0.3) is 5.91 Å². The van der Waals surface area contributed by atoms with Gasteiger partial charge in [0.05, 0.1) is 23.6 Å². The fourth-order valence-electron chi connectivity index (χ4n) is 3.49. The normalized spacial score (nSPS) is 15.2. The van der Waals surface area contributed by atoms with Gasteiger partial charge in [-0.1, -0.05) is 35.9 Å². The number of hydrazone groups is 1. The summed E-state index contributed by atoms with van der Waals surface area (Å²) in [5.41, 5.74) is 3.45. The SMILES string of the molecule is CCOC(=O)Cn1cc(/C=C2\C(=O)N(c3cccc(Cl)c3)N=C2C)c2ccccc21. The van der Waals surface area contributed by atoms with E-state index in [0.29, 0.717) is 28.6 Å². The minimum absolute atomic E-state index is 0.104. The summed E-state index contributed by atoms with van der Waals surface area (Å²) in [6.07, 6.45) is 3.67. The lowest BCUT2D eigenvalue weighted by atomic mass is 10.1. The monoisotopic (exact) mass is 421 g/mol. The molecule has 0 saturated heterocycles. The van der Waals surface area contributed by atoms with E-state index >= 15 is 0 Å². The second kappa shape index (κ2) is 8.16. The van der Waals surface area contributed by atoms with E-state index in [4.69, 9.17) is 16.3 Å². The molecule has 0 atom stereocenters. The van der Waals surface area contributed by atoms with Crippen LogP contribution in [0.3, 0.4) is 0 Å². The minimum Gasteiger partial charge on any atom is -0.465 e. The summed E-state index contributed by atoms with van der Waals surface area (Å²) in [5, 5.41) is 7.24. The van der Waals surface area contributed by atoms with Crippen molar-refractivity contribution in [3.63, 3.8) is 0 Å². The van der Waals surface area contributed by atoms with Crippen LogP contribution in [0.2, 0.25) is 5.02 Å². The Labute approximate surface area is 179 Å². The molecule has 1 aromatic heterocycles. The Morgan fingerprint density at radius 3 is 2.77 bits per heavy atom.